The van der Waals surface area contributed by atoms with E-state index in [1.54, 1.807) is 31.3 Å². The van der Waals surface area contributed by atoms with Crippen LogP contribution in [0, 0.1) is 17.3 Å². The first-order chi connectivity index (χ1) is 36.9. The summed E-state index contributed by atoms with van der Waals surface area (Å²) in [5.74, 6) is -4.52. The number of aliphatic hydroxyl groups is 2. The summed E-state index contributed by atoms with van der Waals surface area (Å²) in [4.78, 5) is 95.7. The third kappa shape index (κ3) is 14.6. The number of alkyl carbamates (subject to hydrolysis) is 1. The highest BCUT2D eigenvalue weighted by Crippen LogP contribution is 2.61. The standard InChI is InChI=1S/C55H76ClN9O13/c1-32-14-13-17-43(76-10)55(74)30-42(77-53(73)61-55)33(2)38-29-54(38,4)44(28-47(68)64(8)40-25-35(24-32)26-41(75-9)48(40)56)78-52(72)34(3)63(7)46(67)18-20-59-50(70)49(69)51(71)60-22-21-58-45(66)19-23-65-37(31-62(6)57-5)27-36-15-11-12-16-39(36)65/h11-17,25-27,33-34,38,42-44,49,57,69,74H,18-24,28-31H2,1-10H3,(H,58,66)(H,59,70)(H,60,71)(H,61,73)/b17-13+,32-14+/t33-,34-,38-,42-,43+,44-,49?,54-,55-/m0/s1. The lowest BCUT2D eigenvalue weighted by Gasteiger charge is -2.42. The summed E-state index contributed by atoms with van der Waals surface area (Å²) in [5, 5.41) is 35.6. The minimum Gasteiger partial charge on any atom is -0.495 e. The van der Waals surface area contributed by atoms with E-state index in [0.717, 1.165) is 32.6 Å². The highest BCUT2D eigenvalue weighted by Gasteiger charge is 2.62. The number of carbonyl (C=O) groups is 7. The number of benzene rings is 2. The number of aromatic nitrogens is 1. The summed E-state index contributed by atoms with van der Waals surface area (Å²) in [6.07, 6.45) is -0.197. The van der Waals surface area contributed by atoms with Crippen LogP contribution in [-0.4, -0.2) is 165 Å². The molecule has 23 heteroatoms. The number of rotatable bonds is 19. The van der Waals surface area contributed by atoms with Crippen LogP contribution in [0.15, 0.2) is 66.3 Å². The molecule has 1 unspecified atom stereocenters. The first kappa shape index (κ1) is 60.7. The van der Waals surface area contributed by atoms with Gasteiger partial charge in [0.05, 0.1) is 25.8 Å². The minimum absolute atomic E-state index is 0.0423. The van der Waals surface area contributed by atoms with Crippen LogP contribution in [0.5, 0.6) is 5.75 Å². The minimum atomic E-state index is -2.11. The van der Waals surface area contributed by atoms with Gasteiger partial charge in [0.2, 0.25) is 23.8 Å². The van der Waals surface area contributed by atoms with Crippen molar-refractivity contribution in [2.75, 3.05) is 66.9 Å². The van der Waals surface area contributed by atoms with Gasteiger partial charge in [0, 0.05) is 90.3 Å². The molecule has 1 saturated carbocycles. The zero-order valence-electron chi connectivity index (χ0n) is 46.1. The van der Waals surface area contributed by atoms with Gasteiger partial charge in [-0.25, -0.2) is 14.6 Å². The van der Waals surface area contributed by atoms with Crippen LogP contribution in [0.4, 0.5) is 10.5 Å². The number of nitrogens with one attached hydrogen (secondary N) is 5. The Labute approximate surface area is 460 Å². The maximum atomic E-state index is 14.4. The zero-order valence-corrected chi connectivity index (χ0v) is 46.9. The second-order valence-corrected chi connectivity index (χ2v) is 21.1. The average molecular weight is 1110 g/mol. The number of aliphatic hydroxyl groups excluding tert-OH is 1. The molecule has 0 radical (unpaired) electrons. The number of allylic oxidation sites excluding steroid dienone is 3. The molecule has 7 N–H and O–H groups in total. The van der Waals surface area contributed by atoms with Gasteiger partial charge < -0.3 is 59.5 Å². The summed E-state index contributed by atoms with van der Waals surface area (Å²) in [6, 6.07) is 12.4. The molecular formula is C55H76ClN9O13. The Kier molecular flexibility index (Phi) is 20.5. The highest BCUT2D eigenvalue weighted by molar-refractivity contribution is 6.35. The van der Waals surface area contributed by atoms with E-state index in [0.29, 0.717) is 37.4 Å². The molecule has 4 bridgehead atoms. The molecule has 3 aliphatic rings. The van der Waals surface area contributed by atoms with Gasteiger partial charge in [-0.15, -0.1) is 0 Å². The second-order valence-electron chi connectivity index (χ2n) is 20.8. The van der Waals surface area contributed by atoms with Crippen LogP contribution >= 0.6 is 11.6 Å². The Morgan fingerprint density at radius 3 is 2.38 bits per heavy atom. The van der Waals surface area contributed by atoms with Gasteiger partial charge >= 0.3 is 12.1 Å². The smallest absolute Gasteiger partial charge is 0.409 e. The van der Waals surface area contributed by atoms with Crippen molar-refractivity contribution in [3.8, 4) is 5.75 Å². The van der Waals surface area contributed by atoms with Gasteiger partial charge in [-0.1, -0.05) is 67.4 Å². The van der Waals surface area contributed by atoms with Crippen molar-refractivity contribution in [2.24, 2.45) is 17.3 Å². The quantitative estimate of drug-likeness (QED) is 0.0394. The molecule has 0 spiro atoms. The van der Waals surface area contributed by atoms with Crippen molar-refractivity contribution < 1.29 is 62.7 Å². The van der Waals surface area contributed by atoms with Crippen molar-refractivity contribution in [1.82, 2.24) is 41.2 Å². The number of halogens is 1. The lowest BCUT2D eigenvalue weighted by molar-refractivity contribution is -0.163. The fourth-order valence-electron chi connectivity index (χ4n) is 10.2. The number of fused-ring (bicyclic) bond motifs is 6. The third-order valence-corrected chi connectivity index (χ3v) is 15.7. The molecule has 2 aromatic carbocycles. The number of likely N-dealkylation sites (N-methyl/N-ethyl adjacent to an activating group) is 1. The number of hydrogen-bond acceptors (Lipinski definition) is 15. The van der Waals surface area contributed by atoms with E-state index in [2.05, 4.69) is 37.3 Å². The zero-order chi connectivity index (χ0) is 57.2. The Balaban J connectivity index is 1.04. The summed E-state index contributed by atoms with van der Waals surface area (Å²) in [5.41, 5.74) is 4.44. The first-order valence-corrected chi connectivity index (χ1v) is 26.5. The van der Waals surface area contributed by atoms with Crippen LogP contribution in [-0.2, 0) is 62.5 Å². The SMILES string of the molecule is CNN(C)Cc1cc2ccccc2n1CCC(=O)NCCNC(=O)C(O)C(=O)NCCC(=O)N(C)[C@@H](C)C(=O)O[C@H]1CC(=O)N(C)c2cc(cc(OC)c2Cl)C/C(C)=C/C=C/[C@@H](OC)[C@@]2(O)C[C@H](OC(=O)N2)[C@@H](C)[C@@H]2C[C@]12C. The van der Waals surface area contributed by atoms with Crippen molar-refractivity contribution in [1.29, 1.82) is 0 Å². The highest BCUT2D eigenvalue weighted by atomic mass is 35.5. The first-order valence-electron chi connectivity index (χ1n) is 26.1. The van der Waals surface area contributed by atoms with Crippen LogP contribution in [0.2, 0.25) is 5.02 Å². The number of ether oxygens (including phenoxy) is 4. The lowest BCUT2D eigenvalue weighted by Crippen LogP contribution is -2.63. The van der Waals surface area contributed by atoms with E-state index < -0.39 is 83.2 Å². The number of methoxy groups -OCH3 is 2. The van der Waals surface area contributed by atoms with E-state index in [-0.39, 0.29) is 62.2 Å². The second kappa shape index (κ2) is 26.4. The van der Waals surface area contributed by atoms with Crippen molar-refractivity contribution >= 4 is 69.8 Å². The van der Waals surface area contributed by atoms with E-state index in [4.69, 9.17) is 30.5 Å². The van der Waals surface area contributed by atoms with Crippen LogP contribution in [0.25, 0.3) is 10.9 Å². The van der Waals surface area contributed by atoms with Crippen molar-refractivity contribution in [2.45, 2.75) is 115 Å². The number of esters is 1. The molecule has 6 amide bonds. The van der Waals surface area contributed by atoms with Gasteiger partial charge in [0.1, 0.15) is 35.1 Å². The number of carbonyl (C=O) groups excluding carboxylic acids is 7. The Hall–Kier alpha value is -6.56. The molecule has 9 atom stereocenters. The summed E-state index contributed by atoms with van der Waals surface area (Å²) < 4.78 is 25.4. The fourth-order valence-corrected chi connectivity index (χ4v) is 10.5. The summed E-state index contributed by atoms with van der Waals surface area (Å²) in [6.45, 7) is 7.81. The van der Waals surface area contributed by atoms with Crippen molar-refractivity contribution in [3.05, 3.63) is 82.5 Å². The van der Waals surface area contributed by atoms with Gasteiger partial charge in [-0.2, -0.15) is 0 Å². The maximum Gasteiger partial charge on any atom is 0.409 e. The molecule has 1 aliphatic carbocycles. The predicted octanol–water partition coefficient (Wildman–Crippen LogP) is 3.09. The summed E-state index contributed by atoms with van der Waals surface area (Å²) in [7, 11) is 9.58. The normalized spacial score (nSPS) is 25.3. The number of para-hydroxylation sites is 1. The van der Waals surface area contributed by atoms with E-state index in [1.165, 1.54) is 33.1 Å². The monoisotopic (exact) mass is 1110 g/mol. The van der Waals surface area contributed by atoms with Gasteiger partial charge in [-0.3, -0.25) is 34.7 Å². The molecule has 2 fully saturated rings. The lowest BCUT2D eigenvalue weighted by atomic mass is 9.83. The average Bonchev–Trinajstić information content (AvgIpc) is 4.17. The van der Waals surface area contributed by atoms with Crippen LogP contribution < -0.4 is 36.3 Å². The molecule has 78 heavy (non-hydrogen) atoms. The van der Waals surface area contributed by atoms with Gasteiger partial charge in [0.15, 0.2) is 5.72 Å². The molecule has 426 valence electrons. The topological polar surface area (TPSA) is 272 Å². The largest absolute Gasteiger partial charge is 0.495 e. The third-order valence-electron chi connectivity index (χ3n) is 15.4. The van der Waals surface area contributed by atoms with Crippen molar-refractivity contribution in [3.63, 3.8) is 0 Å². The molecule has 2 aliphatic heterocycles. The number of nitrogens with zero attached hydrogens (tertiary/aromatic N) is 4. The molecule has 1 saturated heterocycles. The number of hydrogen-bond donors (Lipinski definition) is 7. The summed E-state index contributed by atoms with van der Waals surface area (Å²) >= 11 is 6.83. The fraction of sp³-hybridized carbons (Fsp3) is 0.545. The molecule has 22 nitrogen and oxygen atoms in total. The van der Waals surface area contributed by atoms with Crippen LogP contribution in [0.1, 0.15) is 71.1 Å². The maximum absolute atomic E-state index is 14.4. The predicted molar refractivity (Wildman–Crippen MR) is 291 cm³/mol. The molecule has 3 heterocycles. The number of aryl methyl sites for hydroxylation is 1. The number of anilines is 1. The number of amides is 6. The Bertz CT molecular complexity index is 2770. The van der Waals surface area contributed by atoms with E-state index in [9.17, 15) is 43.8 Å². The van der Waals surface area contributed by atoms with E-state index in [1.807, 2.05) is 70.2 Å². The van der Waals surface area contributed by atoms with Gasteiger partial charge in [-0.05, 0) is 80.8 Å². The molecule has 6 rings (SSSR count). The van der Waals surface area contributed by atoms with Crippen LogP contribution in [0.3, 0.4) is 0 Å². The Morgan fingerprint density at radius 1 is 1.00 bits per heavy atom. The van der Waals surface area contributed by atoms with Gasteiger partial charge in [0.25, 0.3) is 11.8 Å². The van der Waals surface area contributed by atoms with E-state index >= 15 is 0 Å². The molecule has 3 aromatic rings. The molecule has 1 aromatic heterocycles. The Morgan fingerprint density at radius 2 is 1.69 bits per heavy atom. The number of hydrazine groups is 1. The molecular weight excluding hydrogens is 1030 g/mol.